The Morgan fingerprint density at radius 1 is 1.21 bits per heavy atom. The summed E-state index contributed by atoms with van der Waals surface area (Å²) in [5.74, 6) is 1.14. The molecule has 1 aromatic carbocycles. The molecule has 1 atom stereocenters. The van der Waals surface area contributed by atoms with Crippen molar-refractivity contribution < 1.29 is 18.1 Å². The zero-order chi connectivity index (χ0) is 20.6. The molecule has 8 heteroatoms. The highest BCUT2D eigenvalue weighted by atomic mass is 19.1. The summed E-state index contributed by atoms with van der Waals surface area (Å²) in [4.78, 5) is 18.8. The summed E-state index contributed by atoms with van der Waals surface area (Å²) < 4.78 is 23.8. The highest BCUT2D eigenvalue weighted by Gasteiger charge is 2.21. The lowest BCUT2D eigenvalue weighted by atomic mass is 10.1. The van der Waals surface area contributed by atoms with Gasteiger partial charge in [0.1, 0.15) is 11.6 Å². The fourth-order valence-electron chi connectivity index (χ4n) is 3.15. The van der Waals surface area contributed by atoms with Gasteiger partial charge in [-0.2, -0.15) is 4.98 Å². The Balaban J connectivity index is 1.52. The summed E-state index contributed by atoms with van der Waals surface area (Å²) in [6.07, 6.45) is 2.20. The second-order valence-corrected chi connectivity index (χ2v) is 6.58. The molecule has 0 spiro atoms. The number of carbonyl (C=O) groups is 1. The van der Waals surface area contributed by atoms with Crippen LogP contribution in [0, 0.1) is 5.82 Å². The number of amides is 1. The van der Waals surface area contributed by atoms with E-state index in [1.807, 2.05) is 12.1 Å². The maximum atomic E-state index is 13.0. The van der Waals surface area contributed by atoms with Crippen molar-refractivity contribution in [3.05, 3.63) is 60.1 Å². The number of benzene rings is 1. The average molecular weight is 400 g/mol. The van der Waals surface area contributed by atoms with E-state index in [9.17, 15) is 9.18 Å². The van der Waals surface area contributed by atoms with E-state index in [4.69, 9.17) is 8.94 Å². The molecule has 0 saturated carbocycles. The van der Waals surface area contributed by atoms with Gasteiger partial charge < -0.3 is 14.3 Å². The number of carbonyl (C=O) groups excluding carboxylic acids is 1. The molecule has 0 fully saturated rings. The Hall–Kier alpha value is -3.00. The minimum Gasteiger partial charge on any atom is -0.468 e. The van der Waals surface area contributed by atoms with E-state index >= 15 is 0 Å². The summed E-state index contributed by atoms with van der Waals surface area (Å²) in [5.41, 5.74) is 0.659. The third kappa shape index (κ3) is 5.51. The van der Waals surface area contributed by atoms with Gasteiger partial charge in [0.2, 0.25) is 17.6 Å². The third-order valence-corrected chi connectivity index (χ3v) is 4.75. The molecule has 0 aliphatic carbocycles. The molecule has 0 aliphatic rings. The third-order valence-electron chi connectivity index (χ3n) is 4.75. The van der Waals surface area contributed by atoms with Gasteiger partial charge in [-0.1, -0.05) is 19.0 Å². The lowest BCUT2D eigenvalue weighted by Crippen LogP contribution is -2.38. The fourth-order valence-corrected chi connectivity index (χ4v) is 3.15. The Bertz CT molecular complexity index is 889. The van der Waals surface area contributed by atoms with Gasteiger partial charge in [-0.15, -0.1) is 0 Å². The molecule has 7 nitrogen and oxygen atoms in total. The standard InChI is InChI=1S/C21H25FN4O3/c1-3-26(4-2)17(18-6-5-13-28-18)14-23-19(27)11-12-20-24-21(25-29-20)15-7-9-16(22)10-8-15/h5-10,13,17H,3-4,11-12,14H2,1-2H3,(H,23,27). The van der Waals surface area contributed by atoms with Gasteiger partial charge in [-0.25, -0.2) is 4.39 Å². The Labute approximate surface area is 168 Å². The summed E-state index contributed by atoms with van der Waals surface area (Å²) in [5, 5.41) is 6.85. The van der Waals surface area contributed by atoms with Gasteiger partial charge in [-0.3, -0.25) is 9.69 Å². The topological polar surface area (TPSA) is 84.4 Å². The van der Waals surface area contributed by atoms with Crippen molar-refractivity contribution in [2.45, 2.75) is 32.7 Å². The molecule has 0 saturated heterocycles. The molecular formula is C21H25FN4O3. The summed E-state index contributed by atoms with van der Waals surface area (Å²) in [7, 11) is 0. The van der Waals surface area contributed by atoms with E-state index in [0.717, 1.165) is 18.8 Å². The van der Waals surface area contributed by atoms with E-state index in [1.54, 1.807) is 18.4 Å². The SMILES string of the molecule is CCN(CC)C(CNC(=O)CCc1nc(-c2ccc(F)cc2)no1)c1ccco1. The Morgan fingerprint density at radius 2 is 1.97 bits per heavy atom. The van der Waals surface area contributed by atoms with Crippen molar-refractivity contribution in [1.82, 2.24) is 20.4 Å². The first-order valence-electron chi connectivity index (χ1n) is 9.73. The molecule has 1 unspecified atom stereocenters. The fraction of sp³-hybridized carbons (Fsp3) is 0.381. The van der Waals surface area contributed by atoms with Crippen LogP contribution in [-0.2, 0) is 11.2 Å². The molecule has 0 bridgehead atoms. The molecule has 2 heterocycles. The van der Waals surface area contributed by atoms with E-state index in [-0.39, 0.29) is 24.2 Å². The number of nitrogens with one attached hydrogen (secondary N) is 1. The van der Waals surface area contributed by atoms with Crippen LogP contribution >= 0.6 is 0 Å². The molecule has 154 valence electrons. The molecule has 29 heavy (non-hydrogen) atoms. The van der Waals surface area contributed by atoms with Crippen LogP contribution in [0.3, 0.4) is 0 Å². The van der Waals surface area contributed by atoms with Gasteiger partial charge in [-0.05, 0) is 49.5 Å². The van der Waals surface area contributed by atoms with Crippen LogP contribution in [0.2, 0.25) is 0 Å². The highest BCUT2D eigenvalue weighted by Crippen LogP contribution is 2.20. The maximum Gasteiger partial charge on any atom is 0.227 e. The highest BCUT2D eigenvalue weighted by molar-refractivity contribution is 5.76. The first-order valence-corrected chi connectivity index (χ1v) is 9.73. The van der Waals surface area contributed by atoms with Crippen molar-refractivity contribution >= 4 is 5.91 Å². The van der Waals surface area contributed by atoms with E-state index < -0.39 is 0 Å². The van der Waals surface area contributed by atoms with E-state index in [0.29, 0.717) is 30.2 Å². The van der Waals surface area contributed by atoms with Gasteiger partial charge in [0.25, 0.3) is 0 Å². The molecular weight excluding hydrogens is 375 g/mol. The first-order chi connectivity index (χ1) is 14.1. The Morgan fingerprint density at radius 3 is 2.62 bits per heavy atom. The zero-order valence-electron chi connectivity index (χ0n) is 16.6. The predicted octanol–water partition coefficient (Wildman–Crippen LogP) is 3.60. The summed E-state index contributed by atoms with van der Waals surface area (Å²) >= 11 is 0. The number of rotatable bonds is 10. The zero-order valence-corrected chi connectivity index (χ0v) is 16.6. The number of nitrogens with zero attached hydrogens (tertiary/aromatic N) is 3. The van der Waals surface area contributed by atoms with Crippen LogP contribution < -0.4 is 5.32 Å². The summed E-state index contributed by atoms with van der Waals surface area (Å²) in [6, 6.07) is 9.59. The van der Waals surface area contributed by atoms with Gasteiger partial charge in [0.05, 0.1) is 12.3 Å². The minimum atomic E-state index is -0.327. The molecule has 3 aromatic rings. The number of aryl methyl sites for hydroxylation is 1. The van der Waals surface area contributed by atoms with Crippen LogP contribution in [0.5, 0.6) is 0 Å². The number of likely N-dealkylation sites (N-methyl/N-ethyl adjacent to an activating group) is 1. The second-order valence-electron chi connectivity index (χ2n) is 6.58. The number of hydrogen-bond donors (Lipinski definition) is 1. The number of furan rings is 1. The molecule has 1 amide bonds. The lowest BCUT2D eigenvalue weighted by Gasteiger charge is -2.28. The quantitative estimate of drug-likeness (QED) is 0.560. The van der Waals surface area contributed by atoms with E-state index in [2.05, 4.69) is 34.2 Å². The van der Waals surface area contributed by atoms with E-state index in [1.165, 1.54) is 12.1 Å². The van der Waals surface area contributed by atoms with Crippen molar-refractivity contribution in [1.29, 1.82) is 0 Å². The largest absolute Gasteiger partial charge is 0.468 e. The maximum absolute atomic E-state index is 13.0. The van der Waals surface area contributed by atoms with Gasteiger partial charge in [0.15, 0.2) is 0 Å². The van der Waals surface area contributed by atoms with Gasteiger partial charge in [0, 0.05) is 24.9 Å². The van der Waals surface area contributed by atoms with Crippen molar-refractivity contribution in [3.8, 4) is 11.4 Å². The summed E-state index contributed by atoms with van der Waals surface area (Å²) in [6.45, 7) is 6.32. The first kappa shape index (κ1) is 20.7. The molecule has 0 radical (unpaired) electrons. The molecule has 3 rings (SSSR count). The monoisotopic (exact) mass is 400 g/mol. The van der Waals surface area contributed by atoms with Crippen LogP contribution in [-0.4, -0.2) is 40.6 Å². The van der Waals surface area contributed by atoms with Crippen LogP contribution in [0.4, 0.5) is 4.39 Å². The molecule has 0 aliphatic heterocycles. The van der Waals surface area contributed by atoms with Crippen LogP contribution in [0.1, 0.15) is 38.0 Å². The van der Waals surface area contributed by atoms with Crippen molar-refractivity contribution in [3.63, 3.8) is 0 Å². The van der Waals surface area contributed by atoms with Crippen LogP contribution in [0.25, 0.3) is 11.4 Å². The van der Waals surface area contributed by atoms with Crippen molar-refractivity contribution in [2.75, 3.05) is 19.6 Å². The number of aromatic nitrogens is 2. The Kier molecular flexibility index (Phi) is 7.13. The predicted molar refractivity (Wildman–Crippen MR) is 105 cm³/mol. The number of hydrogen-bond acceptors (Lipinski definition) is 6. The number of halogens is 1. The lowest BCUT2D eigenvalue weighted by molar-refractivity contribution is -0.121. The molecule has 2 aromatic heterocycles. The average Bonchev–Trinajstić information content (AvgIpc) is 3.42. The van der Waals surface area contributed by atoms with Crippen LogP contribution in [0.15, 0.2) is 51.6 Å². The second kappa shape index (κ2) is 9.97. The van der Waals surface area contributed by atoms with Crippen molar-refractivity contribution in [2.24, 2.45) is 0 Å². The normalized spacial score (nSPS) is 12.3. The molecule has 1 N–H and O–H groups in total. The minimum absolute atomic E-state index is 0.0163. The van der Waals surface area contributed by atoms with Gasteiger partial charge >= 0.3 is 0 Å². The smallest absolute Gasteiger partial charge is 0.227 e.